The Morgan fingerprint density at radius 2 is 2.27 bits per heavy atom. The molecule has 0 spiro atoms. The number of hydrogen-bond donors (Lipinski definition) is 4. The van der Waals surface area contributed by atoms with E-state index in [9.17, 15) is 4.79 Å². The molecule has 0 fully saturated rings. The van der Waals surface area contributed by atoms with Gasteiger partial charge in [-0.3, -0.25) is 4.79 Å². The predicted molar refractivity (Wildman–Crippen MR) is 60.3 cm³/mol. The van der Waals surface area contributed by atoms with E-state index in [4.69, 9.17) is 16.2 Å². The Bertz CT molecular complexity index is 237. The van der Waals surface area contributed by atoms with Gasteiger partial charge in [-0.05, 0) is 26.3 Å². The van der Waals surface area contributed by atoms with E-state index in [1.165, 1.54) is 13.1 Å². The maximum Gasteiger partial charge on any atom is 0.323 e. The van der Waals surface area contributed by atoms with E-state index < -0.39 is 11.5 Å². The largest absolute Gasteiger partial charge is 0.480 e. The van der Waals surface area contributed by atoms with Gasteiger partial charge in [0, 0.05) is 12.8 Å². The van der Waals surface area contributed by atoms with Crippen LogP contribution < -0.4 is 11.1 Å². The quantitative estimate of drug-likeness (QED) is 0.266. The standard InChI is InChI=1S/C10H19N3O2/c1-10(12,9(14)15)5-3-2-4-7-13-8-6-11/h2-3,6,11,13H,4-5,7-8,12H2,1H3,(H,14,15). The molecular formula is C10H19N3O2. The van der Waals surface area contributed by atoms with Crippen molar-refractivity contribution in [2.24, 2.45) is 5.73 Å². The van der Waals surface area contributed by atoms with E-state index in [0.717, 1.165) is 13.0 Å². The molecule has 0 aromatic rings. The fourth-order valence-electron chi connectivity index (χ4n) is 0.893. The maximum absolute atomic E-state index is 10.6. The van der Waals surface area contributed by atoms with Gasteiger partial charge in [0.15, 0.2) is 0 Å². The fraction of sp³-hybridized carbons (Fsp3) is 0.600. The summed E-state index contributed by atoms with van der Waals surface area (Å²) in [7, 11) is 0. The van der Waals surface area contributed by atoms with Crippen LogP contribution >= 0.6 is 0 Å². The molecule has 0 amide bonds. The van der Waals surface area contributed by atoms with Crippen LogP contribution in [0.4, 0.5) is 0 Å². The van der Waals surface area contributed by atoms with Crippen LogP contribution in [0, 0.1) is 5.41 Å². The van der Waals surface area contributed by atoms with Gasteiger partial charge in [0.25, 0.3) is 0 Å². The van der Waals surface area contributed by atoms with Crippen molar-refractivity contribution in [1.82, 2.24) is 5.32 Å². The first-order chi connectivity index (χ1) is 7.00. The topological polar surface area (TPSA) is 99.2 Å². The van der Waals surface area contributed by atoms with Crippen molar-refractivity contribution in [1.29, 1.82) is 5.41 Å². The van der Waals surface area contributed by atoms with Crippen molar-refractivity contribution in [3.63, 3.8) is 0 Å². The summed E-state index contributed by atoms with van der Waals surface area (Å²) >= 11 is 0. The van der Waals surface area contributed by atoms with Crippen LogP contribution in [0.3, 0.4) is 0 Å². The Morgan fingerprint density at radius 1 is 1.60 bits per heavy atom. The van der Waals surface area contributed by atoms with Crippen LogP contribution in [-0.2, 0) is 4.79 Å². The second kappa shape index (κ2) is 7.14. The molecule has 0 aliphatic heterocycles. The number of carbonyl (C=O) groups is 1. The lowest BCUT2D eigenvalue weighted by Crippen LogP contribution is -2.44. The first kappa shape index (κ1) is 13.8. The summed E-state index contributed by atoms with van der Waals surface area (Å²) in [6.45, 7) is 2.84. The first-order valence-electron chi connectivity index (χ1n) is 4.87. The second-order valence-electron chi connectivity index (χ2n) is 3.60. The number of nitrogens with one attached hydrogen (secondary N) is 2. The number of carboxylic acids is 1. The highest BCUT2D eigenvalue weighted by Crippen LogP contribution is 2.06. The van der Waals surface area contributed by atoms with E-state index >= 15 is 0 Å². The lowest BCUT2D eigenvalue weighted by atomic mass is 9.99. The molecule has 0 saturated heterocycles. The van der Waals surface area contributed by atoms with Crippen molar-refractivity contribution in [2.75, 3.05) is 13.1 Å². The van der Waals surface area contributed by atoms with Crippen molar-refractivity contribution in [3.05, 3.63) is 12.2 Å². The van der Waals surface area contributed by atoms with Gasteiger partial charge in [-0.1, -0.05) is 12.2 Å². The van der Waals surface area contributed by atoms with E-state index in [1.807, 2.05) is 6.08 Å². The van der Waals surface area contributed by atoms with Crippen LogP contribution in [0.5, 0.6) is 0 Å². The summed E-state index contributed by atoms with van der Waals surface area (Å²) in [4.78, 5) is 10.6. The van der Waals surface area contributed by atoms with Gasteiger partial charge in [-0.25, -0.2) is 0 Å². The van der Waals surface area contributed by atoms with E-state index in [2.05, 4.69) is 5.32 Å². The SMILES string of the molecule is CC(N)(CC=CCCNCC=N)C(=O)O. The number of nitrogens with two attached hydrogens (primary N) is 1. The Kier molecular flexibility index (Phi) is 6.57. The van der Waals surface area contributed by atoms with Gasteiger partial charge in [-0.2, -0.15) is 0 Å². The van der Waals surface area contributed by atoms with Gasteiger partial charge < -0.3 is 21.6 Å². The summed E-state index contributed by atoms with van der Waals surface area (Å²) in [6.07, 6.45) is 6.10. The highest BCUT2D eigenvalue weighted by atomic mass is 16.4. The lowest BCUT2D eigenvalue weighted by Gasteiger charge is -2.16. The maximum atomic E-state index is 10.6. The molecular weight excluding hydrogens is 194 g/mol. The van der Waals surface area contributed by atoms with Crippen molar-refractivity contribution < 1.29 is 9.90 Å². The lowest BCUT2D eigenvalue weighted by molar-refractivity contribution is -0.142. The van der Waals surface area contributed by atoms with Crippen LogP contribution in [0.25, 0.3) is 0 Å². The van der Waals surface area contributed by atoms with E-state index in [-0.39, 0.29) is 0 Å². The van der Waals surface area contributed by atoms with Gasteiger partial charge >= 0.3 is 5.97 Å². The number of aliphatic carboxylic acids is 1. The first-order valence-corrected chi connectivity index (χ1v) is 4.87. The number of carboxylic acid groups (broad SMARTS) is 1. The second-order valence-corrected chi connectivity index (χ2v) is 3.60. The molecule has 5 N–H and O–H groups in total. The molecule has 86 valence electrons. The molecule has 5 heteroatoms. The summed E-state index contributed by atoms with van der Waals surface area (Å²) < 4.78 is 0. The Morgan fingerprint density at radius 3 is 2.80 bits per heavy atom. The van der Waals surface area contributed by atoms with Crippen molar-refractivity contribution >= 4 is 12.2 Å². The Labute approximate surface area is 89.9 Å². The Balaban J connectivity index is 3.62. The van der Waals surface area contributed by atoms with Crippen LogP contribution in [0.15, 0.2) is 12.2 Å². The third kappa shape index (κ3) is 6.82. The van der Waals surface area contributed by atoms with E-state index in [0.29, 0.717) is 13.0 Å². The molecule has 1 atom stereocenters. The monoisotopic (exact) mass is 213 g/mol. The minimum atomic E-state index is -1.18. The summed E-state index contributed by atoms with van der Waals surface area (Å²) in [5.41, 5.74) is 4.34. The molecule has 0 aromatic heterocycles. The summed E-state index contributed by atoms with van der Waals surface area (Å²) in [5.74, 6) is -0.992. The molecule has 0 aliphatic carbocycles. The zero-order chi connectivity index (χ0) is 11.7. The van der Waals surface area contributed by atoms with Crippen LogP contribution in [-0.4, -0.2) is 35.9 Å². The number of rotatable bonds is 8. The third-order valence-corrected chi connectivity index (χ3v) is 1.93. The summed E-state index contributed by atoms with van der Waals surface area (Å²) in [5, 5.41) is 18.5. The van der Waals surface area contributed by atoms with Gasteiger partial charge in [-0.15, -0.1) is 0 Å². The molecule has 0 aromatic carbocycles. The summed E-state index contributed by atoms with van der Waals surface area (Å²) in [6, 6.07) is 0. The normalized spacial score (nSPS) is 15.1. The van der Waals surface area contributed by atoms with Gasteiger partial charge in [0.05, 0.1) is 0 Å². The highest BCUT2D eigenvalue weighted by Gasteiger charge is 2.25. The Hall–Kier alpha value is -1.20. The smallest absolute Gasteiger partial charge is 0.323 e. The van der Waals surface area contributed by atoms with Gasteiger partial charge in [0.1, 0.15) is 5.54 Å². The molecule has 0 bridgehead atoms. The molecule has 0 saturated carbocycles. The number of hydrogen-bond acceptors (Lipinski definition) is 4. The third-order valence-electron chi connectivity index (χ3n) is 1.93. The fourth-order valence-corrected chi connectivity index (χ4v) is 0.893. The molecule has 0 heterocycles. The molecule has 15 heavy (non-hydrogen) atoms. The van der Waals surface area contributed by atoms with Crippen LogP contribution in [0.1, 0.15) is 19.8 Å². The predicted octanol–water partition coefficient (Wildman–Crippen LogP) is 0.364. The van der Waals surface area contributed by atoms with Crippen molar-refractivity contribution in [2.45, 2.75) is 25.3 Å². The zero-order valence-electron chi connectivity index (χ0n) is 8.99. The zero-order valence-corrected chi connectivity index (χ0v) is 8.99. The average molecular weight is 213 g/mol. The van der Waals surface area contributed by atoms with E-state index in [1.54, 1.807) is 6.08 Å². The van der Waals surface area contributed by atoms with Crippen molar-refractivity contribution in [3.8, 4) is 0 Å². The van der Waals surface area contributed by atoms with Crippen LogP contribution in [0.2, 0.25) is 0 Å². The molecule has 5 nitrogen and oxygen atoms in total. The molecule has 0 rings (SSSR count). The average Bonchev–Trinajstić information content (AvgIpc) is 2.16. The minimum Gasteiger partial charge on any atom is -0.480 e. The molecule has 0 radical (unpaired) electrons. The van der Waals surface area contributed by atoms with Gasteiger partial charge in [0.2, 0.25) is 0 Å². The molecule has 0 aliphatic rings. The minimum absolute atomic E-state index is 0.326. The molecule has 1 unspecified atom stereocenters. The highest BCUT2D eigenvalue weighted by molar-refractivity contribution is 5.78.